The van der Waals surface area contributed by atoms with Gasteiger partial charge < -0.3 is 10.1 Å². The number of methoxy groups -OCH3 is 1. The molecule has 0 unspecified atom stereocenters. The van der Waals surface area contributed by atoms with Gasteiger partial charge in [0.1, 0.15) is 12.1 Å². The van der Waals surface area contributed by atoms with E-state index in [2.05, 4.69) is 20.4 Å². The molecule has 3 aromatic rings. The van der Waals surface area contributed by atoms with Crippen LogP contribution >= 0.6 is 11.6 Å². The molecule has 2 heterocycles. The van der Waals surface area contributed by atoms with Crippen LogP contribution < -0.4 is 5.32 Å². The number of ether oxygens (including phenoxy) is 1. The van der Waals surface area contributed by atoms with Crippen LogP contribution in [0.5, 0.6) is 0 Å². The summed E-state index contributed by atoms with van der Waals surface area (Å²) in [6.07, 6.45) is 4.21. The van der Waals surface area contributed by atoms with Gasteiger partial charge in [-0.25, -0.2) is 14.6 Å². The Morgan fingerprint density at radius 3 is 2.96 bits per heavy atom. The molecule has 0 spiro atoms. The van der Waals surface area contributed by atoms with Gasteiger partial charge in [0.05, 0.1) is 17.3 Å². The number of rotatable bonds is 6. The van der Waals surface area contributed by atoms with E-state index in [-0.39, 0.29) is 0 Å². The Hall–Kier alpha value is -2.18. The third-order valence-corrected chi connectivity index (χ3v) is 3.99. The zero-order valence-electron chi connectivity index (χ0n) is 13.1. The Morgan fingerprint density at radius 2 is 2.17 bits per heavy atom. The fourth-order valence-corrected chi connectivity index (χ4v) is 2.49. The van der Waals surface area contributed by atoms with Crippen molar-refractivity contribution in [1.29, 1.82) is 0 Å². The van der Waals surface area contributed by atoms with E-state index >= 15 is 0 Å². The molecular formula is C16H18ClN5O. The smallest absolute Gasteiger partial charge is 0.168 e. The Balaban J connectivity index is 1.93. The summed E-state index contributed by atoms with van der Waals surface area (Å²) in [5, 5.41) is 9.31. The lowest BCUT2D eigenvalue weighted by atomic mass is 10.2. The maximum absolute atomic E-state index is 6.21. The zero-order chi connectivity index (χ0) is 16.2. The summed E-state index contributed by atoms with van der Waals surface area (Å²) in [6, 6.07) is 5.83. The van der Waals surface area contributed by atoms with E-state index in [0.29, 0.717) is 11.6 Å². The van der Waals surface area contributed by atoms with Crippen LogP contribution in [0.3, 0.4) is 0 Å². The molecule has 0 saturated heterocycles. The van der Waals surface area contributed by atoms with Crippen LogP contribution in [-0.2, 0) is 4.74 Å². The predicted octanol–water partition coefficient (Wildman–Crippen LogP) is 3.23. The van der Waals surface area contributed by atoms with Gasteiger partial charge in [0.2, 0.25) is 0 Å². The second kappa shape index (κ2) is 6.93. The van der Waals surface area contributed by atoms with Crippen molar-refractivity contribution in [2.24, 2.45) is 0 Å². The Morgan fingerprint density at radius 1 is 1.30 bits per heavy atom. The van der Waals surface area contributed by atoms with E-state index in [0.717, 1.165) is 41.1 Å². The highest BCUT2D eigenvalue weighted by Crippen LogP contribution is 2.24. The number of hydrogen-bond acceptors (Lipinski definition) is 5. The fourth-order valence-electron chi connectivity index (χ4n) is 2.31. The topological polar surface area (TPSA) is 64.9 Å². The number of nitrogens with zero attached hydrogens (tertiary/aromatic N) is 4. The molecule has 6 nitrogen and oxygen atoms in total. The second-order valence-corrected chi connectivity index (χ2v) is 5.63. The molecule has 0 aliphatic carbocycles. The van der Waals surface area contributed by atoms with E-state index in [1.807, 2.05) is 25.1 Å². The standard InChI is InChI=1S/C16H18ClN5O/c1-11-4-5-12(8-14(11)17)22-16-13(9-21-22)15(19-10-20-16)18-6-3-7-23-2/h4-5,8-10H,3,6-7H2,1-2H3,(H,18,19,20). The minimum absolute atomic E-state index is 0.707. The third-order valence-electron chi connectivity index (χ3n) is 3.58. The minimum Gasteiger partial charge on any atom is -0.385 e. The lowest BCUT2D eigenvalue weighted by Crippen LogP contribution is -2.06. The first-order valence-electron chi connectivity index (χ1n) is 7.39. The molecule has 0 saturated carbocycles. The Kier molecular flexibility index (Phi) is 4.73. The normalized spacial score (nSPS) is 11.1. The van der Waals surface area contributed by atoms with Crippen molar-refractivity contribution < 1.29 is 4.74 Å². The van der Waals surface area contributed by atoms with Crippen LogP contribution in [0.4, 0.5) is 5.82 Å². The number of benzene rings is 1. The van der Waals surface area contributed by atoms with Crippen molar-refractivity contribution in [2.75, 3.05) is 25.6 Å². The van der Waals surface area contributed by atoms with Crippen LogP contribution in [0, 0.1) is 6.92 Å². The first-order valence-corrected chi connectivity index (χ1v) is 7.76. The maximum atomic E-state index is 6.21. The lowest BCUT2D eigenvalue weighted by molar-refractivity contribution is 0.198. The number of nitrogens with one attached hydrogen (secondary N) is 1. The Bertz CT molecular complexity index is 817. The van der Waals surface area contributed by atoms with Crippen molar-refractivity contribution in [3.63, 3.8) is 0 Å². The summed E-state index contributed by atoms with van der Waals surface area (Å²) in [4.78, 5) is 8.66. The van der Waals surface area contributed by atoms with Crippen molar-refractivity contribution in [3.8, 4) is 5.69 Å². The molecule has 1 aromatic carbocycles. The zero-order valence-corrected chi connectivity index (χ0v) is 13.8. The van der Waals surface area contributed by atoms with Crippen LogP contribution in [0.25, 0.3) is 16.7 Å². The van der Waals surface area contributed by atoms with Gasteiger partial charge in [-0.1, -0.05) is 17.7 Å². The molecule has 120 valence electrons. The van der Waals surface area contributed by atoms with Crippen LogP contribution in [0.15, 0.2) is 30.7 Å². The minimum atomic E-state index is 0.707. The SMILES string of the molecule is COCCCNc1ncnc2c1cnn2-c1ccc(C)c(Cl)c1. The van der Waals surface area contributed by atoms with Gasteiger partial charge in [-0.15, -0.1) is 0 Å². The molecule has 23 heavy (non-hydrogen) atoms. The summed E-state index contributed by atoms with van der Waals surface area (Å²) in [7, 11) is 1.69. The summed E-state index contributed by atoms with van der Waals surface area (Å²) in [6.45, 7) is 3.46. The first-order chi connectivity index (χ1) is 11.2. The van der Waals surface area contributed by atoms with E-state index in [4.69, 9.17) is 16.3 Å². The monoisotopic (exact) mass is 331 g/mol. The second-order valence-electron chi connectivity index (χ2n) is 5.22. The quantitative estimate of drug-likeness (QED) is 0.702. The maximum Gasteiger partial charge on any atom is 0.168 e. The van der Waals surface area contributed by atoms with Crippen molar-refractivity contribution in [3.05, 3.63) is 41.3 Å². The van der Waals surface area contributed by atoms with Crippen molar-refractivity contribution in [2.45, 2.75) is 13.3 Å². The molecule has 2 aromatic heterocycles. The van der Waals surface area contributed by atoms with Gasteiger partial charge in [0.15, 0.2) is 5.65 Å². The van der Waals surface area contributed by atoms with Crippen molar-refractivity contribution in [1.82, 2.24) is 19.7 Å². The Labute approximate surface area is 139 Å². The van der Waals surface area contributed by atoms with Crippen molar-refractivity contribution >= 4 is 28.5 Å². The number of aryl methyl sites for hydroxylation is 1. The molecule has 3 rings (SSSR count). The highest BCUT2D eigenvalue weighted by molar-refractivity contribution is 6.31. The molecule has 0 amide bonds. The summed E-state index contributed by atoms with van der Waals surface area (Å²) in [5.41, 5.74) is 2.65. The molecule has 7 heteroatoms. The van der Waals surface area contributed by atoms with E-state index < -0.39 is 0 Å². The molecule has 0 atom stereocenters. The van der Waals surface area contributed by atoms with Crippen LogP contribution in [0.2, 0.25) is 5.02 Å². The average Bonchev–Trinajstić information content (AvgIpc) is 2.99. The van der Waals surface area contributed by atoms with Gasteiger partial charge in [-0.05, 0) is 31.0 Å². The molecule has 0 fully saturated rings. The van der Waals surface area contributed by atoms with Crippen LogP contribution in [0.1, 0.15) is 12.0 Å². The summed E-state index contributed by atoms with van der Waals surface area (Å²) < 4.78 is 6.81. The molecule has 0 radical (unpaired) electrons. The molecule has 0 aliphatic rings. The molecule has 0 aliphatic heterocycles. The lowest BCUT2D eigenvalue weighted by Gasteiger charge is -2.07. The van der Waals surface area contributed by atoms with E-state index in [1.54, 1.807) is 18.0 Å². The number of anilines is 1. The van der Waals surface area contributed by atoms with E-state index in [9.17, 15) is 0 Å². The van der Waals surface area contributed by atoms with Gasteiger partial charge in [0, 0.05) is 25.3 Å². The third kappa shape index (κ3) is 3.28. The largest absolute Gasteiger partial charge is 0.385 e. The molecular weight excluding hydrogens is 314 g/mol. The average molecular weight is 332 g/mol. The first kappa shape index (κ1) is 15.7. The molecule has 1 N–H and O–H groups in total. The summed E-state index contributed by atoms with van der Waals surface area (Å²) in [5.74, 6) is 0.774. The van der Waals surface area contributed by atoms with Gasteiger partial charge in [0.25, 0.3) is 0 Å². The number of hydrogen-bond donors (Lipinski definition) is 1. The van der Waals surface area contributed by atoms with Crippen LogP contribution in [-0.4, -0.2) is 40.0 Å². The number of fused-ring (bicyclic) bond motifs is 1. The molecule has 0 bridgehead atoms. The fraction of sp³-hybridized carbons (Fsp3) is 0.312. The van der Waals surface area contributed by atoms with E-state index in [1.165, 1.54) is 6.33 Å². The summed E-state index contributed by atoms with van der Waals surface area (Å²) >= 11 is 6.21. The highest BCUT2D eigenvalue weighted by atomic mass is 35.5. The highest BCUT2D eigenvalue weighted by Gasteiger charge is 2.11. The number of halogens is 1. The predicted molar refractivity (Wildman–Crippen MR) is 91.4 cm³/mol. The van der Waals surface area contributed by atoms with Gasteiger partial charge in [-0.3, -0.25) is 0 Å². The number of aromatic nitrogens is 4. The van der Waals surface area contributed by atoms with Gasteiger partial charge >= 0.3 is 0 Å². The van der Waals surface area contributed by atoms with Gasteiger partial charge in [-0.2, -0.15) is 5.10 Å².